The van der Waals surface area contributed by atoms with Gasteiger partial charge in [0.2, 0.25) is 5.91 Å². The zero-order valence-corrected chi connectivity index (χ0v) is 9.30. The molecule has 1 N–H and O–H groups in total. The fourth-order valence-corrected chi connectivity index (χ4v) is 1.43. The van der Waals surface area contributed by atoms with E-state index in [1.807, 2.05) is 13.8 Å². The van der Waals surface area contributed by atoms with Crippen molar-refractivity contribution in [1.82, 2.24) is 0 Å². The Morgan fingerprint density at radius 1 is 1.47 bits per heavy atom. The first-order valence-corrected chi connectivity index (χ1v) is 5.05. The van der Waals surface area contributed by atoms with E-state index in [0.29, 0.717) is 23.6 Å². The van der Waals surface area contributed by atoms with E-state index >= 15 is 0 Å². The van der Waals surface area contributed by atoms with Crippen LogP contribution in [0.25, 0.3) is 0 Å². The number of rotatable bonds is 3. The molecular formula is C12H16FNO. The molecule has 0 spiro atoms. The molecule has 0 fully saturated rings. The first-order chi connectivity index (χ1) is 6.99. The summed E-state index contributed by atoms with van der Waals surface area (Å²) in [7, 11) is 0. The molecule has 0 aliphatic rings. The number of hydrogen-bond donors (Lipinski definition) is 1. The van der Waals surface area contributed by atoms with E-state index in [1.165, 1.54) is 13.0 Å². The lowest BCUT2D eigenvalue weighted by Gasteiger charge is -2.08. The van der Waals surface area contributed by atoms with Crippen LogP contribution in [0, 0.1) is 11.7 Å². The highest BCUT2D eigenvalue weighted by Gasteiger charge is 2.06. The predicted molar refractivity (Wildman–Crippen MR) is 59.2 cm³/mol. The highest BCUT2D eigenvalue weighted by molar-refractivity contribution is 5.88. The van der Waals surface area contributed by atoms with Gasteiger partial charge in [0, 0.05) is 12.6 Å². The minimum Gasteiger partial charge on any atom is -0.326 e. The number of benzene rings is 1. The van der Waals surface area contributed by atoms with Crippen LogP contribution >= 0.6 is 0 Å². The highest BCUT2D eigenvalue weighted by Crippen LogP contribution is 2.17. The largest absolute Gasteiger partial charge is 0.326 e. The molecule has 0 aliphatic heterocycles. The van der Waals surface area contributed by atoms with E-state index in [0.717, 1.165) is 0 Å². The Morgan fingerprint density at radius 3 is 2.60 bits per heavy atom. The van der Waals surface area contributed by atoms with E-state index in [-0.39, 0.29) is 11.7 Å². The van der Waals surface area contributed by atoms with Gasteiger partial charge in [0.05, 0.1) is 0 Å². The van der Waals surface area contributed by atoms with Crippen LogP contribution in [0.1, 0.15) is 26.3 Å². The van der Waals surface area contributed by atoms with Gasteiger partial charge in [-0.2, -0.15) is 0 Å². The summed E-state index contributed by atoms with van der Waals surface area (Å²) in [5, 5.41) is 2.55. The van der Waals surface area contributed by atoms with Gasteiger partial charge in [0.15, 0.2) is 0 Å². The molecule has 15 heavy (non-hydrogen) atoms. The van der Waals surface area contributed by atoms with E-state index in [9.17, 15) is 9.18 Å². The summed E-state index contributed by atoms with van der Waals surface area (Å²) >= 11 is 0. The second kappa shape index (κ2) is 4.91. The summed E-state index contributed by atoms with van der Waals surface area (Å²) in [6, 6.07) is 4.81. The Hall–Kier alpha value is -1.38. The summed E-state index contributed by atoms with van der Waals surface area (Å²) in [5.74, 6) is -0.0212. The fraction of sp³-hybridized carbons (Fsp3) is 0.417. The molecule has 1 rings (SSSR count). The van der Waals surface area contributed by atoms with Gasteiger partial charge in [0.1, 0.15) is 5.82 Å². The van der Waals surface area contributed by atoms with Crippen LogP contribution in [0.5, 0.6) is 0 Å². The van der Waals surface area contributed by atoms with Crippen molar-refractivity contribution in [2.24, 2.45) is 5.92 Å². The molecule has 1 aromatic carbocycles. The third-order valence-corrected chi connectivity index (χ3v) is 2.00. The van der Waals surface area contributed by atoms with Crippen molar-refractivity contribution in [2.45, 2.75) is 27.2 Å². The van der Waals surface area contributed by atoms with Gasteiger partial charge in [-0.25, -0.2) is 4.39 Å². The number of carbonyl (C=O) groups excluding carboxylic acids is 1. The molecule has 3 heteroatoms. The molecule has 0 bridgehead atoms. The van der Waals surface area contributed by atoms with Gasteiger partial charge in [-0.1, -0.05) is 19.9 Å². The summed E-state index contributed by atoms with van der Waals surface area (Å²) in [4.78, 5) is 10.8. The Labute approximate surface area is 89.5 Å². The molecule has 0 unspecified atom stereocenters. The van der Waals surface area contributed by atoms with Crippen LogP contribution in [-0.4, -0.2) is 5.91 Å². The quantitative estimate of drug-likeness (QED) is 0.814. The molecule has 1 aromatic rings. The highest BCUT2D eigenvalue weighted by atomic mass is 19.1. The molecule has 1 amide bonds. The minimum atomic E-state index is -0.255. The number of halogens is 1. The maximum atomic E-state index is 13.5. The lowest BCUT2D eigenvalue weighted by molar-refractivity contribution is -0.114. The minimum absolute atomic E-state index is 0.189. The molecule has 0 saturated carbocycles. The normalized spacial score (nSPS) is 10.5. The molecule has 0 heterocycles. The molecule has 0 aromatic heterocycles. The maximum absolute atomic E-state index is 13.5. The number of nitrogens with one attached hydrogen (secondary N) is 1. The Morgan fingerprint density at radius 2 is 2.13 bits per heavy atom. The monoisotopic (exact) mass is 209 g/mol. The van der Waals surface area contributed by atoms with Gasteiger partial charge in [-0.15, -0.1) is 0 Å². The van der Waals surface area contributed by atoms with Crippen molar-refractivity contribution < 1.29 is 9.18 Å². The standard InChI is InChI=1S/C12H16FNO/c1-8(2)6-10-4-5-11(7-12(10)13)14-9(3)15/h4-5,7-8H,6H2,1-3H3,(H,14,15). The number of carbonyl (C=O) groups is 1. The average molecular weight is 209 g/mol. The van der Waals surface area contributed by atoms with Crippen LogP contribution < -0.4 is 5.32 Å². The third-order valence-electron chi connectivity index (χ3n) is 2.00. The van der Waals surface area contributed by atoms with Crippen molar-refractivity contribution in [3.63, 3.8) is 0 Å². The van der Waals surface area contributed by atoms with Crippen LogP contribution in [0.15, 0.2) is 18.2 Å². The molecule has 2 nitrogen and oxygen atoms in total. The Bertz CT molecular complexity index is 361. The van der Waals surface area contributed by atoms with E-state index in [2.05, 4.69) is 5.32 Å². The van der Waals surface area contributed by atoms with Crippen LogP contribution in [0.2, 0.25) is 0 Å². The fourth-order valence-electron chi connectivity index (χ4n) is 1.43. The first-order valence-electron chi connectivity index (χ1n) is 5.05. The van der Waals surface area contributed by atoms with Gasteiger partial charge in [0.25, 0.3) is 0 Å². The van der Waals surface area contributed by atoms with Crippen molar-refractivity contribution in [1.29, 1.82) is 0 Å². The zero-order valence-electron chi connectivity index (χ0n) is 9.30. The molecule has 0 atom stereocenters. The van der Waals surface area contributed by atoms with Crippen molar-refractivity contribution in [3.05, 3.63) is 29.6 Å². The maximum Gasteiger partial charge on any atom is 0.221 e. The van der Waals surface area contributed by atoms with Gasteiger partial charge >= 0.3 is 0 Å². The summed E-state index contributed by atoms with van der Waals surface area (Å²) < 4.78 is 13.5. The summed E-state index contributed by atoms with van der Waals surface area (Å²) in [6.45, 7) is 5.49. The Balaban J connectivity index is 2.83. The lowest BCUT2D eigenvalue weighted by Crippen LogP contribution is -2.06. The number of hydrogen-bond acceptors (Lipinski definition) is 1. The molecule has 0 aliphatic carbocycles. The predicted octanol–water partition coefficient (Wildman–Crippen LogP) is 2.98. The first kappa shape index (κ1) is 11.7. The topological polar surface area (TPSA) is 29.1 Å². The van der Waals surface area contributed by atoms with Crippen LogP contribution in [-0.2, 0) is 11.2 Å². The van der Waals surface area contributed by atoms with Gasteiger partial charge < -0.3 is 5.32 Å². The third kappa shape index (κ3) is 3.70. The second-order valence-corrected chi connectivity index (χ2v) is 4.09. The van der Waals surface area contributed by atoms with Crippen molar-refractivity contribution in [3.8, 4) is 0 Å². The summed E-state index contributed by atoms with van der Waals surface area (Å²) in [5.41, 5.74) is 1.20. The summed E-state index contributed by atoms with van der Waals surface area (Å²) in [6.07, 6.45) is 0.714. The van der Waals surface area contributed by atoms with E-state index in [4.69, 9.17) is 0 Å². The zero-order chi connectivity index (χ0) is 11.4. The number of anilines is 1. The van der Waals surface area contributed by atoms with Crippen LogP contribution in [0.3, 0.4) is 0 Å². The Kier molecular flexibility index (Phi) is 3.83. The number of amides is 1. The molecule has 82 valence electrons. The van der Waals surface area contributed by atoms with E-state index < -0.39 is 0 Å². The molecule has 0 radical (unpaired) electrons. The van der Waals surface area contributed by atoms with Gasteiger partial charge in [-0.05, 0) is 30.0 Å². The lowest BCUT2D eigenvalue weighted by atomic mass is 10.0. The van der Waals surface area contributed by atoms with Crippen molar-refractivity contribution >= 4 is 11.6 Å². The van der Waals surface area contributed by atoms with Crippen LogP contribution in [0.4, 0.5) is 10.1 Å². The van der Waals surface area contributed by atoms with Gasteiger partial charge in [-0.3, -0.25) is 4.79 Å². The van der Waals surface area contributed by atoms with E-state index in [1.54, 1.807) is 12.1 Å². The second-order valence-electron chi connectivity index (χ2n) is 4.09. The molecule has 0 saturated heterocycles. The van der Waals surface area contributed by atoms with Crippen molar-refractivity contribution in [2.75, 3.05) is 5.32 Å². The average Bonchev–Trinajstić information content (AvgIpc) is 2.08. The smallest absolute Gasteiger partial charge is 0.221 e. The molecular weight excluding hydrogens is 193 g/mol. The SMILES string of the molecule is CC(=O)Nc1ccc(CC(C)C)c(F)c1.